The van der Waals surface area contributed by atoms with Gasteiger partial charge in [0.1, 0.15) is 0 Å². The van der Waals surface area contributed by atoms with E-state index in [2.05, 4.69) is 19.2 Å². The molecule has 0 saturated heterocycles. The predicted octanol–water partition coefficient (Wildman–Crippen LogP) is 1.89. The van der Waals surface area contributed by atoms with Crippen LogP contribution in [-0.2, 0) is 9.47 Å². The van der Waals surface area contributed by atoms with Gasteiger partial charge >= 0.3 is 0 Å². The van der Waals surface area contributed by atoms with Gasteiger partial charge in [0.05, 0.1) is 6.61 Å². The fourth-order valence-corrected chi connectivity index (χ4v) is 1.66. The molecule has 0 aromatic carbocycles. The van der Waals surface area contributed by atoms with Crippen LogP contribution in [0.25, 0.3) is 0 Å². The van der Waals surface area contributed by atoms with E-state index in [0.717, 1.165) is 32.8 Å². The zero-order valence-electron chi connectivity index (χ0n) is 10.1. The Kier molecular flexibility index (Phi) is 10.8. The Labute approximate surface area is 98.5 Å². The molecule has 0 aliphatic heterocycles. The van der Waals surface area contributed by atoms with E-state index in [1.165, 1.54) is 0 Å². The van der Waals surface area contributed by atoms with Crippen LogP contribution >= 0.6 is 11.6 Å². The van der Waals surface area contributed by atoms with Gasteiger partial charge < -0.3 is 14.8 Å². The fourth-order valence-electron chi connectivity index (χ4n) is 1.19. The van der Waals surface area contributed by atoms with Gasteiger partial charge in [0, 0.05) is 38.8 Å². The van der Waals surface area contributed by atoms with Gasteiger partial charge in [-0.15, -0.1) is 11.6 Å². The highest BCUT2D eigenvalue weighted by Crippen LogP contribution is 2.02. The van der Waals surface area contributed by atoms with Crippen LogP contribution in [0.15, 0.2) is 0 Å². The largest absolute Gasteiger partial charge is 0.385 e. The average Bonchev–Trinajstić information content (AvgIpc) is 2.21. The molecule has 4 heteroatoms. The van der Waals surface area contributed by atoms with Crippen molar-refractivity contribution in [3.63, 3.8) is 0 Å². The smallest absolute Gasteiger partial charge is 0.0591 e. The van der Waals surface area contributed by atoms with Crippen LogP contribution in [-0.4, -0.2) is 45.4 Å². The van der Waals surface area contributed by atoms with E-state index in [4.69, 9.17) is 21.1 Å². The third-order valence-corrected chi connectivity index (χ3v) is 2.59. The summed E-state index contributed by atoms with van der Waals surface area (Å²) in [6, 6.07) is 0.384. The lowest BCUT2D eigenvalue weighted by molar-refractivity contribution is 0.102. The van der Waals surface area contributed by atoms with Gasteiger partial charge in [0.15, 0.2) is 0 Å². The quantitative estimate of drug-likeness (QED) is 0.465. The minimum atomic E-state index is 0.384. The van der Waals surface area contributed by atoms with Crippen molar-refractivity contribution in [2.24, 2.45) is 5.92 Å². The van der Waals surface area contributed by atoms with Crippen LogP contribution < -0.4 is 5.32 Å². The maximum atomic E-state index is 5.82. The Morgan fingerprint density at radius 2 is 1.93 bits per heavy atom. The maximum absolute atomic E-state index is 5.82. The molecule has 0 fully saturated rings. The molecule has 0 rings (SSSR count). The standard InChI is InChI=1S/C11H24ClNO2/c1-10(2)11(9-12)13-5-8-15-7-4-6-14-3/h10-11,13H,4-9H2,1-3H3. The summed E-state index contributed by atoms with van der Waals surface area (Å²) >= 11 is 5.82. The number of rotatable bonds is 10. The van der Waals surface area contributed by atoms with Gasteiger partial charge in [-0.3, -0.25) is 0 Å². The lowest BCUT2D eigenvalue weighted by Gasteiger charge is -2.19. The zero-order valence-corrected chi connectivity index (χ0v) is 10.8. The first-order valence-electron chi connectivity index (χ1n) is 5.58. The molecule has 0 aromatic heterocycles. The first kappa shape index (κ1) is 15.2. The topological polar surface area (TPSA) is 30.5 Å². The maximum Gasteiger partial charge on any atom is 0.0591 e. The number of methoxy groups -OCH3 is 1. The van der Waals surface area contributed by atoms with E-state index >= 15 is 0 Å². The van der Waals surface area contributed by atoms with Crippen molar-refractivity contribution in [1.82, 2.24) is 5.32 Å². The number of alkyl halides is 1. The van der Waals surface area contributed by atoms with Crippen LogP contribution in [0, 0.1) is 5.92 Å². The van der Waals surface area contributed by atoms with Crippen molar-refractivity contribution >= 4 is 11.6 Å². The summed E-state index contributed by atoms with van der Waals surface area (Å²) < 4.78 is 10.3. The lowest BCUT2D eigenvalue weighted by Crippen LogP contribution is -2.37. The Morgan fingerprint density at radius 3 is 2.47 bits per heavy atom. The highest BCUT2D eigenvalue weighted by atomic mass is 35.5. The Morgan fingerprint density at radius 1 is 1.20 bits per heavy atom. The molecule has 0 aliphatic carbocycles. The van der Waals surface area contributed by atoms with E-state index in [1.807, 2.05) is 0 Å². The number of hydrogen-bond donors (Lipinski definition) is 1. The number of nitrogens with one attached hydrogen (secondary N) is 1. The monoisotopic (exact) mass is 237 g/mol. The van der Waals surface area contributed by atoms with Crippen LogP contribution in [0.1, 0.15) is 20.3 Å². The summed E-state index contributed by atoms with van der Waals surface area (Å²) in [7, 11) is 1.70. The Bertz CT molecular complexity index is 134. The number of halogens is 1. The molecule has 0 spiro atoms. The van der Waals surface area contributed by atoms with Crippen molar-refractivity contribution < 1.29 is 9.47 Å². The average molecular weight is 238 g/mol. The van der Waals surface area contributed by atoms with E-state index in [1.54, 1.807) is 7.11 Å². The van der Waals surface area contributed by atoms with Crippen LogP contribution in [0.5, 0.6) is 0 Å². The number of ether oxygens (including phenoxy) is 2. The van der Waals surface area contributed by atoms with Crippen LogP contribution in [0.4, 0.5) is 0 Å². The molecular formula is C11H24ClNO2. The van der Waals surface area contributed by atoms with E-state index in [-0.39, 0.29) is 0 Å². The van der Waals surface area contributed by atoms with Gasteiger partial charge in [0.25, 0.3) is 0 Å². The first-order chi connectivity index (χ1) is 7.22. The molecule has 92 valence electrons. The highest BCUT2D eigenvalue weighted by Gasteiger charge is 2.09. The van der Waals surface area contributed by atoms with E-state index in [0.29, 0.717) is 17.8 Å². The third-order valence-electron chi connectivity index (χ3n) is 2.26. The minimum absolute atomic E-state index is 0.384. The second kappa shape index (κ2) is 10.7. The molecule has 0 radical (unpaired) electrons. The van der Waals surface area contributed by atoms with Gasteiger partial charge in [-0.1, -0.05) is 13.8 Å². The second-order valence-electron chi connectivity index (χ2n) is 3.92. The van der Waals surface area contributed by atoms with Crippen LogP contribution in [0.2, 0.25) is 0 Å². The summed E-state index contributed by atoms with van der Waals surface area (Å²) in [4.78, 5) is 0. The summed E-state index contributed by atoms with van der Waals surface area (Å²) in [5.41, 5.74) is 0. The molecule has 1 atom stereocenters. The zero-order chi connectivity index (χ0) is 11.5. The van der Waals surface area contributed by atoms with Gasteiger partial charge in [-0.25, -0.2) is 0 Å². The molecule has 1 N–H and O–H groups in total. The summed E-state index contributed by atoms with van der Waals surface area (Å²) in [6.07, 6.45) is 0.958. The fraction of sp³-hybridized carbons (Fsp3) is 1.00. The number of hydrogen-bond acceptors (Lipinski definition) is 3. The van der Waals surface area contributed by atoms with Crippen molar-refractivity contribution in [3.8, 4) is 0 Å². The van der Waals surface area contributed by atoms with E-state index in [9.17, 15) is 0 Å². The summed E-state index contributed by atoms with van der Waals surface area (Å²) in [6.45, 7) is 7.47. The molecule has 0 aliphatic rings. The van der Waals surface area contributed by atoms with Gasteiger partial charge in [-0.05, 0) is 12.3 Å². The normalized spacial score (nSPS) is 13.4. The summed E-state index contributed by atoms with van der Waals surface area (Å²) in [5, 5.41) is 3.37. The molecule has 0 amide bonds. The summed E-state index contributed by atoms with van der Waals surface area (Å²) in [5.74, 6) is 1.22. The Balaban J connectivity index is 3.22. The van der Waals surface area contributed by atoms with Gasteiger partial charge in [-0.2, -0.15) is 0 Å². The first-order valence-corrected chi connectivity index (χ1v) is 6.11. The minimum Gasteiger partial charge on any atom is -0.385 e. The molecule has 0 bridgehead atoms. The molecule has 3 nitrogen and oxygen atoms in total. The van der Waals surface area contributed by atoms with Crippen molar-refractivity contribution in [3.05, 3.63) is 0 Å². The van der Waals surface area contributed by atoms with Gasteiger partial charge in [0.2, 0.25) is 0 Å². The highest BCUT2D eigenvalue weighted by molar-refractivity contribution is 6.18. The molecule has 0 heterocycles. The molecular weight excluding hydrogens is 214 g/mol. The van der Waals surface area contributed by atoms with E-state index < -0.39 is 0 Å². The third kappa shape index (κ3) is 9.12. The molecule has 15 heavy (non-hydrogen) atoms. The van der Waals surface area contributed by atoms with Crippen LogP contribution in [0.3, 0.4) is 0 Å². The second-order valence-corrected chi connectivity index (χ2v) is 4.23. The van der Waals surface area contributed by atoms with Crippen molar-refractivity contribution in [2.75, 3.05) is 39.4 Å². The van der Waals surface area contributed by atoms with Crippen molar-refractivity contribution in [2.45, 2.75) is 26.3 Å². The lowest BCUT2D eigenvalue weighted by atomic mass is 10.1. The Hall–Kier alpha value is 0.170. The molecule has 1 unspecified atom stereocenters. The molecule has 0 saturated carbocycles. The molecule has 0 aromatic rings. The van der Waals surface area contributed by atoms with Crippen molar-refractivity contribution in [1.29, 1.82) is 0 Å². The SMILES string of the molecule is COCCCOCCNC(CCl)C(C)C. The predicted molar refractivity (Wildman–Crippen MR) is 64.7 cm³/mol.